The lowest BCUT2D eigenvalue weighted by Crippen LogP contribution is -2.26. The van der Waals surface area contributed by atoms with E-state index >= 15 is 0 Å². The highest BCUT2D eigenvalue weighted by Crippen LogP contribution is 2.09. The molecular formula is C12H16N4O. The van der Waals surface area contributed by atoms with E-state index in [9.17, 15) is 4.79 Å². The highest BCUT2D eigenvalue weighted by Gasteiger charge is 2.03. The average Bonchev–Trinajstić information content (AvgIpc) is 2.34. The zero-order valence-electron chi connectivity index (χ0n) is 10.1. The molecule has 1 aromatic heterocycles. The SMILES string of the molecule is CC(=O)NCCCN(C)c1cccc(C#N)n1. The maximum Gasteiger partial charge on any atom is 0.216 e. The number of carbonyl (C=O) groups excluding carboxylic acids is 1. The van der Waals surface area contributed by atoms with Crippen molar-refractivity contribution < 1.29 is 4.79 Å². The predicted molar refractivity (Wildman–Crippen MR) is 65.5 cm³/mol. The Kier molecular flexibility index (Phi) is 4.95. The number of nitriles is 1. The summed E-state index contributed by atoms with van der Waals surface area (Å²) in [5.74, 6) is 0.754. The zero-order chi connectivity index (χ0) is 12.7. The first kappa shape index (κ1) is 13.0. The van der Waals surface area contributed by atoms with Crippen molar-refractivity contribution in [1.82, 2.24) is 10.3 Å². The van der Waals surface area contributed by atoms with Crippen molar-refractivity contribution in [2.45, 2.75) is 13.3 Å². The van der Waals surface area contributed by atoms with Crippen molar-refractivity contribution in [3.05, 3.63) is 23.9 Å². The monoisotopic (exact) mass is 232 g/mol. The second kappa shape index (κ2) is 6.48. The Bertz CT molecular complexity index is 425. The molecule has 0 aliphatic heterocycles. The second-order valence-corrected chi connectivity index (χ2v) is 3.75. The number of nitrogens with zero attached hydrogens (tertiary/aromatic N) is 3. The van der Waals surface area contributed by atoms with Crippen LogP contribution in [0, 0.1) is 11.3 Å². The van der Waals surface area contributed by atoms with Crippen LogP contribution in [-0.4, -0.2) is 31.0 Å². The molecule has 1 aromatic rings. The van der Waals surface area contributed by atoms with Gasteiger partial charge in [-0.15, -0.1) is 0 Å². The third kappa shape index (κ3) is 4.51. The van der Waals surface area contributed by atoms with Crippen molar-refractivity contribution in [3.8, 4) is 6.07 Å². The first-order valence-electron chi connectivity index (χ1n) is 5.46. The van der Waals surface area contributed by atoms with Crippen LogP contribution in [0.3, 0.4) is 0 Å². The maximum atomic E-state index is 10.7. The van der Waals surface area contributed by atoms with Gasteiger partial charge in [-0.2, -0.15) is 5.26 Å². The van der Waals surface area contributed by atoms with Gasteiger partial charge in [-0.25, -0.2) is 4.98 Å². The van der Waals surface area contributed by atoms with Gasteiger partial charge in [-0.3, -0.25) is 4.79 Å². The molecule has 1 N–H and O–H groups in total. The summed E-state index contributed by atoms with van der Waals surface area (Å²) in [7, 11) is 1.91. The normalized spacial score (nSPS) is 9.47. The van der Waals surface area contributed by atoms with Gasteiger partial charge in [0.15, 0.2) is 0 Å². The molecule has 90 valence electrons. The van der Waals surface area contributed by atoms with Gasteiger partial charge in [0, 0.05) is 27.1 Å². The molecule has 0 fully saturated rings. The van der Waals surface area contributed by atoms with E-state index in [1.165, 1.54) is 6.92 Å². The summed E-state index contributed by atoms with van der Waals surface area (Å²) in [6.45, 7) is 2.93. The van der Waals surface area contributed by atoms with E-state index in [1.54, 1.807) is 6.07 Å². The Hall–Kier alpha value is -2.09. The fourth-order valence-electron chi connectivity index (χ4n) is 1.39. The summed E-state index contributed by atoms with van der Waals surface area (Å²) in [6.07, 6.45) is 0.842. The molecule has 0 unspecified atom stereocenters. The highest BCUT2D eigenvalue weighted by atomic mass is 16.1. The van der Waals surface area contributed by atoms with E-state index in [1.807, 2.05) is 30.1 Å². The molecule has 5 nitrogen and oxygen atoms in total. The van der Waals surface area contributed by atoms with Crippen LogP contribution in [0.4, 0.5) is 5.82 Å². The largest absolute Gasteiger partial charge is 0.360 e. The predicted octanol–water partition coefficient (Wildman–Crippen LogP) is 0.916. The van der Waals surface area contributed by atoms with Crippen LogP contribution in [0.25, 0.3) is 0 Å². The minimum Gasteiger partial charge on any atom is -0.360 e. The number of aromatic nitrogens is 1. The Morgan fingerprint density at radius 1 is 1.59 bits per heavy atom. The lowest BCUT2D eigenvalue weighted by molar-refractivity contribution is -0.118. The number of pyridine rings is 1. The van der Waals surface area contributed by atoms with E-state index in [0.29, 0.717) is 12.2 Å². The van der Waals surface area contributed by atoms with Crippen LogP contribution in [0.5, 0.6) is 0 Å². The molecule has 0 aliphatic rings. The fraction of sp³-hybridized carbons (Fsp3) is 0.417. The third-order valence-electron chi connectivity index (χ3n) is 2.28. The van der Waals surface area contributed by atoms with Gasteiger partial charge in [-0.05, 0) is 18.6 Å². The Balaban J connectivity index is 2.44. The van der Waals surface area contributed by atoms with Gasteiger partial charge in [0.1, 0.15) is 17.6 Å². The van der Waals surface area contributed by atoms with E-state index in [0.717, 1.165) is 18.8 Å². The molecule has 1 heterocycles. The van der Waals surface area contributed by atoms with Crippen LogP contribution >= 0.6 is 0 Å². The van der Waals surface area contributed by atoms with E-state index < -0.39 is 0 Å². The van der Waals surface area contributed by atoms with Crippen LogP contribution < -0.4 is 10.2 Å². The number of hydrogen-bond donors (Lipinski definition) is 1. The molecule has 1 amide bonds. The van der Waals surface area contributed by atoms with E-state index in [-0.39, 0.29) is 5.91 Å². The van der Waals surface area contributed by atoms with Crippen molar-refractivity contribution in [1.29, 1.82) is 5.26 Å². The summed E-state index contributed by atoms with van der Waals surface area (Å²) >= 11 is 0. The van der Waals surface area contributed by atoms with Gasteiger partial charge < -0.3 is 10.2 Å². The van der Waals surface area contributed by atoms with E-state index in [4.69, 9.17) is 5.26 Å². The van der Waals surface area contributed by atoms with Crippen LogP contribution in [0.2, 0.25) is 0 Å². The summed E-state index contributed by atoms with van der Waals surface area (Å²) in [5, 5.41) is 11.5. The van der Waals surface area contributed by atoms with Crippen LogP contribution in [0.1, 0.15) is 19.0 Å². The van der Waals surface area contributed by atoms with Crippen LogP contribution in [0.15, 0.2) is 18.2 Å². The Morgan fingerprint density at radius 3 is 3.00 bits per heavy atom. The number of anilines is 1. The lowest BCUT2D eigenvalue weighted by atomic mass is 10.3. The Morgan fingerprint density at radius 2 is 2.35 bits per heavy atom. The topological polar surface area (TPSA) is 69.0 Å². The number of nitrogens with one attached hydrogen (secondary N) is 1. The third-order valence-corrected chi connectivity index (χ3v) is 2.28. The molecule has 0 radical (unpaired) electrons. The second-order valence-electron chi connectivity index (χ2n) is 3.75. The highest BCUT2D eigenvalue weighted by molar-refractivity contribution is 5.72. The zero-order valence-corrected chi connectivity index (χ0v) is 10.1. The Labute approximate surface area is 101 Å². The van der Waals surface area contributed by atoms with Crippen molar-refractivity contribution in [2.75, 3.05) is 25.0 Å². The molecule has 17 heavy (non-hydrogen) atoms. The first-order valence-corrected chi connectivity index (χ1v) is 5.46. The smallest absolute Gasteiger partial charge is 0.216 e. The molecule has 0 atom stereocenters. The minimum atomic E-state index is -0.0164. The molecular weight excluding hydrogens is 216 g/mol. The molecule has 0 saturated carbocycles. The van der Waals surface area contributed by atoms with E-state index in [2.05, 4.69) is 10.3 Å². The molecule has 0 bridgehead atoms. The lowest BCUT2D eigenvalue weighted by Gasteiger charge is -2.17. The minimum absolute atomic E-state index is 0.0164. The molecule has 5 heteroatoms. The molecule has 0 saturated heterocycles. The van der Waals surface area contributed by atoms with Gasteiger partial charge in [0.05, 0.1) is 0 Å². The average molecular weight is 232 g/mol. The summed E-state index contributed by atoms with van der Waals surface area (Å²) in [4.78, 5) is 16.8. The van der Waals surface area contributed by atoms with Crippen molar-refractivity contribution >= 4 is 11.7 Å². The quantitative estimate of drug-likeness (QED) is 0.766. The number of rotatable bonds is 5. The molecule has 0 spiro atoms. The van der Waals surface area contributed by atoms with Crippen molar-refractivity contribution in [3.63, 3.8) is 0 Å². The fourth-order valence-corrected chi connectivity index (χ4v) is 1.39. The first-order chi connectivity index (χ1) is 8.13. The van der Waals surface area contributed by atoms with Crippen LogP contribution in [-0.2, 0) is 4.79 Å². The molecule has 1 rings (SSSR count). The summed E-state index contributed by atoms with van der Waals surface area (Å²) in [6, 6.07) is 7.36. The van der Waals surface area contributed by atoms with Gasteiger partial charge >= 0.3 is 0 Å². The number of amides is 1. The van der Waals surface area contributed by atoms with Crippen molar-refractivity contribution in [2.24, 2.45) is 0 Å². The standard InChI is InChI=1S/C12H16N4O/c1-10(17)14-7-4-8-16(2)12-6-3-5-11(9-13)15-12/h3,5-6H,4,7-8H2,1-2H3,(H,14,17). The molecule has 0 aliphatic carbocycles. The number of hydrogen-bond acceptors (Lipinski definition) is 4. The maximum absolute atomic E-state index is 10.7. The van der Waals surface area contributed by atoms with Gasteiger partial charge in [0.2, 0.25) is 5.91 Å². The summed E-state index contributed by atoms with van der Waals surface area (Å²) in [5.41, 5.74) is 0.413. The molecule has 0 aromatic carbocycles. The number of carbonyl (C=O) groups is 1. The summed E-state index contributed by atoms with van der Waals surface area (Å²) < 4.78 is 0. The van der Waals surface area contributed by atoms with Gasteiger partial charge in [0.25, 0.3) is 0 Å². The van der Waals surface area contributed by atoms with Gasteiger partial charge in [-0.1, -0.05) is 6.07 Å².